The zero-order chi connectivity index (χ0) is 15.5. The topological polar surface area (TPSA) is 27.6 Å². The number of benzene rings is 1. The SMILES string of the molecule is CN=C(NCC1CC1)N(C)Cc1ccc(C(F)(F)F)cc1.I. The van der Waals surface area contributed by atoms with E-state index in [9.17, 15) is 13.2 Å². The van der Waals surface area contributed by atoms with E-state index in [0.29, 0.717) is 6.54 Å². The molecule has 1 aromatic rings. The van der Waals surface area contributed by atoms with Crippen LogP contribution in [0.5, 0.6) is 0 Å². The van der Waals surface area contributed by atoms with Crippen molar-refractivity contribution in [2.45, 2.75) is 25.6 Å². The van der Waals surface area contributed by atoms with Gasteiger partial charge in [0.2, 0.25) is 0 Å². The quantitative estimate of drug-likeness (QED) is 0.451. The first-order valence-electron chi connectivity index (χ1n) is 6.98. The standard InChI is InChI=1S/C15H20F3N3.HI/c1-19-14(20-9-11-3-4-11)21(2)10-12-5-7-13(8-6-12)15(16,17)18;/h5-8,11H,3-4,9-10H2,1-2H3,(H,19,20);1H. The van der Waals surface area contributed by atoms with E-state index in [0.717, 1.165) is 36.1 Å². The summed E-state index contributed by atoms with van der Waals surface area (Å²) in [5.41, 5.74) is 0.199. The van der Waals surface area contributed by atoms with Crippen molar-refractivity contribution in [2.24, 2.45) is 10.9 Å². The lowest BCUT2D eigenvalue weighted by molar-refractivity contribution is -0.137. The molecule has 1 aliphatic rings. The van der Waals surface area contributed by atoms with Crippen molar-refractivity contribution >= 4 is 29.9 Å². The zero-order valence-corrected chi connectivity index (χ0v) is 15.0. The number of aliphatic imine (C=N–C) groups is 1. The second-order valence-electron chi connectivity index (χ2n) is 5.42. The largest absolute Gasteiger partial charge is 0.416 e. The molecule has 0 radical (unpaired) electrons. The number of guanidine groups is 1. The van der Waals surface area contributed by atoms with E-state index in [1.54, 1.807) is 7.05 Å². The van der Waals surface area contributed by atoms with Crippen molar-refractivity contribution in [1.82, 2.24) is 10.2 Å². The first-order chi connectivity index (χ1) is 9.90. The molecule has 124 valence electrons. The molecule has 0 heterocycles. The van der Waals surface area contributed by atoms with Gasteiger partial charge in [0, 0.05) is 27.2 Å². The maximum Gasteiger partial charge on any atom is 0.416 e. The summed E-state index contributed by atoms with van der Waals surface area (Å²) in [6.07, 6.45) is -1.77. The van der Waals surface area contributed by atoms with E-state index >= 15 is 0 Å². The van der Waals surface area contributed by atoms with E-state index in [1.807, 2.05) is 11.9 Å². The number of rotatable bonds is 4. The average molecular weight is 427 g/mol. The molecule has 22 heavy (non-hydrogen) atoms. The van der Waals surface area contributed by atoms with Crippen LogP contribution in [0.25, 0.3) is 0 Å². The van der Waals surface area contributed by atoms with Crippen molar-refractivity contribution in [3.05, 3.63) is 35.4 Å². The van der Waals surface area contributed by atoms with Crippen LogP contribution in [-0.4, -0.2) is 31.5 Å². The summed E-state index contributed by atoms with van der Waals surface area (Å²) in [4.78, 5) is 6.10. The molecule has 0 bridgehead atoms. The fourth-order valence-corrected chi connectivity index (χ4v) is 2.09. The van der Waals surface area contributed by atoms with Crippen LogP contribution in [-0.2, 0) is 12.7 Å². The molecular weight excluding hydrogens is 406 g/mol. The Morgan fingerprint density at radius 3 is 2.32 bits per heavy atom. The third-order valence-electron chi connectivity index (χ3n) is 3.52. The minimum atomic E-state index is -4.29. The smallest absolute Gasteiger partial charge is 0.356 e. The molecule has 0 aromatic heterocycles. The van der Waals surface area contributed by atoms with Gasteiger partial charge in [-0.1, -0.05) is 12.1 Å². The van der Waals surface area contributed by atoms with Crippen LogP contribution in [0.3, 0.4) is 0 Å². The first kappa shape index (κ1) is 19.1. The molecule has 0 saturated heterocycles. The third kappa shape index (κ3) is 5.66. The summed E-state index contributed by atoms with van der Waals surface area (Å²) >= 11 is 0. The Labute approximate surface area is 146 Å². The third-order valence-corrected chi connectivity index (χ3v) is 3.52. The minimum Gasteiger partial charge on any atom is -0.356 e. The number of hydrogen-bond donors (Lipinski definition) is 1. The summed E-state index contributed by atoms with van der Waals surface area (Å²) in [6, 6.07) is 5.24. The van der Waals surface area contributed by atoms with E-state index in [2.05, 4.69) is 10.3 Å². The second-order valence-corrected chi connectivity index (χ2v) is 5.42. The highest BCUT2D eigenvalue weighted by molar-refractivity contribution is 14.0. The highest BCUT2D eigenvalue weighted by atomic mass is 127. The van der Waals surface area contributed by atoms with Gasteiger partial charge in [-0.05, 0) is 36.5 Å². The van der Waals surface area contributed by atoms with Crippen molar-refractivity contribution in [3.8, 4) is 0 Å². The molecule has 0 aliphatic heterocycles. The maximum atomic E-state index is 12.5. The minimum absolute atomic E-state index is 0. The summed E-state index contributed by atoms with van der Waals surface area (Å²) in [7, 11) is 3.58. The molecule has 0 unspecified atom stereocenters. The molecule has 1 fully saturated rings. The van der Waals surface area contributed by atoms with Gasteiger partial charge < -0.3 is 10.2 Å². The lowest BCUT2D eigenvalue weighted by atomic mass is 10.1. The fraction of sp³-hybridized carbons (Fsp3) is 0.533. The second kappa shape index (κ2) is 8.03. The molecule has 0 atom stereocenters. The van der Waals surface area contributed by atoms with Gasteiger partial charge in [0.25, 0.3) is 0 Å². The average Bonchev–Trinajstić information content (AvgIpc) is 3.23. The lowest BCUT2D eigenvalue weighted by Gasteiger charge is -2.22. The molecule has 3 nitrogen and oxygen atoms in total. The van der Waals surface area contributed by atoms with Crippen LogP contribution in [0.4, 0.5) is 13.2 Å². The predicted octanol–water partition coefficient (Wildman–Crippen LogP) is 3.74. The van der Waals surface area contributed by atoms with Gasteiger partial charge in [0.15, 0.2) is 5.96 Å². The molecule has 0 spiro atoms. The molecule has 1 N–H and O–H groups in total. The van der Waals surface area contributed by atoms with Crippen molar-refractivity contribution in [1.29, 1.82) is 0 Å². The fourth-order valence-electron chi connectivity index (χ4n) is 2.09. The number of nitrogens with zero attached hydrogens (tertiary/aromatic N) is 2. The number of halogens is 4. The maximum absolute atomic E-state index is 12.5. The highest BCUT2D eigenvalue weighted by Gasteiger charge is 2.30. The van der Waals surface area contributed by atoms with Crippen molar-refractivity contribution in [3.63, 3.8) is 0 Å². The van der Waals surface area contributed by atoms with Crippen LogP contribution in [0, 0.1) is 5.92 Å². The first-order valence-corrected chi connectivity index (χ1v) is 6.98. The zero-order valence-electron chi connectivity index (χ0n) is 12.7. The van der Waals surface area contributed by atoms with E-state index in [-0.39, 0.29) is 24.0 Å². The van der Waals surface area contributed by atoms with E-state index in [1.165, 1.54) is 25.0 Å². The molecule has 1 aromatic carbocycles. The van der Waals surface area contributed by atoms with E-state index in [4.69, 9.17) is 0 Å². The Kier molecular flexibility index (Phi) is 6.96. The normalized spacial score (nSPS) is 15.2. The van der Waals surface area contributed by atoms with Crippen LogP contribution in [0.1, 0.15) is 24.0 Å². The Bertz CT molecular complexity index is 496. The molecule has 1 saturated carbocycles. The van der Waals surface area contributed by atoms with Gasteiger partial charge in [-0.2, -0.15) is 13.2 Å². The Morgan fingerprint density at radius 1 is 1.27 bits per heavy atom. The Balaban J connectivity index is 0.00000242. The number of hydrogen-bond acceptors (Lipinski definition) is 1. The monoisotopic (exact) mass is 427 g/mol. The summed E-state index contributed by atoms with van der Waals surface area (Å²) < 4.78 is 37.5. The molecule has 7 heteroatoms. The summed E-state index contributed by atoms with van der Waals surface area (Å²) in [5.74, 6) is 1.50. The van der Waals surface area contributed by atoms with Gasteiger partial charge in [-0.3, -0.25) is 4.99 Å². The number of alkyl halides is 3. The van der Waals surface area contributed by atoms with Gasteiger partial charge in [-0.25, -0.2) is 0 Å². The van der Waals surface area contributed by atoms with Gasteiger partial charge in [0.05, 0.1) is 5.56 Å². The van der Waals surface area contributed by atoms with Crippen LogP contribution in [0.15, 0.2) is 29.3 Å². The Morgan fingerprint density at radius 2 is 1.86 bits per heavy atom. The van der Waals surface area contributed by atoms with Gasteiger partial charge in [-0.15, -0.1) is 24.0 Å². The molecule has 0 amide bonds. The summed E-state index contributed by atoms with van der Waals surface area (Å²) in [6.45, 7) is 1.42. The van der Waals surface area contributed by atoms with Gasteiger partial charge >= 0.3 is 6.18 Å². The van der Waals surface area contributed by atoms with Crippen molar-refractivity contribution in [2.75, 3.05) is 20.6 Å². The molecule has 1 aliphatic carbocycles. The lowest BCUT2D eigenvalue weighted by Crippen LogP contribution is -2.39. The molecule has 2 rings (SSSR count). The predicted molar refractivity (Wildman–Crippen MR) is 92.4 cm³/mol. The molecular formula is C15H21F3IN3. The van der Waals surface area contributed by atoms with Crippen LogP contribution < -0.4 is 5.32 Å². The van der Waals surface area contributed by atoms with Crippen LogP contribution in [0.2, 0.25) is 0 Å². The Hall–Kier alpha value is -0.990. The van der Waals surface area contributed by atoms with Crippen molar-refractivity contribution < 1.29 is 13.2 Å². The number of nitrogens with one attached hydrogen (secondary N) is 1. The van der Waals surface area contributed by atoms with E-state index < -0.39 is 11.7 Å². The van der Waals surface area contributed by atoms with Crippen LogP contribution >= 0.6 is 24.0 Å². The summed E-state index contributed by atoms with van der Waals surface area (Å²) in [5, 5.41) is 3.28. The van der Waals surface area contributed by atoms with Gasteiger partial charge in [0.1, 0.15) is 0 Å². The highest BCUT2D eigenvalue weighted by Crippen LogP contribution is 2.29.